The third-order valence-electron chi connectivity index (χ3n) is 4.24. The molecule has 1 aromatic heterocycles. The summed E-state index contributed by atoms with van der Waals surface area (Å²) >= 11 is 0. The zero-order chi connectivity index (χ0) is 22.2. The molecule has 8 nitrogen and oxygen atoms in total. The van der Waals surface area contributed by atoms with E-state index in [0.29, 0.717) is 0 Å². The number of benzene rings is 1. The number of aliphatic hydroxyl groups excluding tert-OH is 1. The first-order valence-corrected chi connectivity index (χ1v) is 9.43. The number of aryl methyl sites for hydroxylation is 1. The maximum Gasteiger partial charge on any atom is 0.416 e. The van der Waals surface area contributed by atoms with Crippen molar-refractivity contribution in [2.24, 2.45) is 7.05 Å². The van der Waals surface area contributed by atoms with Gasteiger partial charge in [-0.15, -0.1) is 0 Å². The summed E-state index contributed by atoms with van der Waals surface area (Å²) in [5, 5.41) is 20.7. The minimum absolute atomic E-state index is 0.0867. The number of carbonyl (C=O) groups is 1. The minimum Gasteiger partial charge on any atom is -0.488 e. The number of nitrogens with one attached hydrogen (secondary N) is 2. The van der Waals surface area contributed by atoms with Crippen molar-refractivity contribution >= 4 is 22.6 Å². The molecule has 160 valence electrons. The first kappa shape index (κ1) is 21.8. The Kier molecular flexibility index (Phi) is 5.84. The van der Waals surface area contributed by atoms with Crippen molar-refractivity contribution < 1.29 is 36.4 Å². The molecular formula is C17H14F4N4O4S. The van der Waals surface area contributed by atoms with E-state index in [4.69, 9.17) is 10.00 Å². The molecule has 0 spiro atoms. The number of hydrogen-bond donors (Lipinski definition) is 3. The fraction of sp³-hybridized carbons (Fsp3) is 0.294. The van der Waals surface area contributed by atoms with Crippen LogP contribution in [0.25, 0.3) is 0 Å². The van der Waals surface area contributed by atoms with E-state index in [-0.39, 0.29) is 27.6 Å². The van der Waals surface area contributed by atoms with Gasteiger partial charge < -0.3 is 19.7 Å². The van der Waals surface area contributed by atoms with Crippen LogP contribution in [-0.4, -0.2) is 44.7 Å². The Morgan fingerprint density at radius 3 is 2.83 bits per heavy atom. The van der Waals surface area contributed by atoms with Crippen LogP contribution >= 0.6 is 0 Å². The number of nitriles is 1. The quantitative estimate of drug-likeness (QED) is 0.620. The van der Waals surface area contributed by atoms with Crippen LogP contribution in [0, 0.1) is 17.1 Å². The fourth-order valence-corrected chi connectivity index (χ4v) is 3.96. The number of hydrogen-bond acceptors (Lipinski definition) is 5. The lowest BCUT2D eigenvalue weighted by Gasteiger charge is -2.23. The summed E-state index contributed by atoms with van der Waals surface area (Å²) in [6.45, 7) is -0.709. The zero-order valence-electron chi connectivity index (χ0n) is 15.2. The second-order valence-electron chi connectivity index (χ2n) is 6.33. The molecule has 3 atom stereocenters. The number of aliphatic hydroxyl groups is 1. The van der Waals surface area contributed by atoms with Crippen molar-refractivity contribution in [3.63, 3.8) is 0 Å². The minimum atomic E-state index is -4.97. The molecule has 3 unspecified atom stereocenters. The van der Waals surface area contributed by atoms with E-state index in [1.807, 2.05) is 0 Å². The van der Waals surface area contributed by atoms with Crippen LogP contribution in [0.4, 0.5) is 23.2 Å². The fourth-order valence-electron chi connectivity index (χ4n) is 2.78. The highest BCUT2D eigenvalue weighted by atomic mass is 32.2. The van der Waals surface area contributed by atoms with Crippen LogP contribution in [0.1, 0.15) is 16.1 Å². The van der Waals surface area contributed by atoms with Gasteiger partial charge in [-0.05, 0) is 18.2 Å². The molecule has 0 radical (unpaired) electrons. The Labute approximate surface area is 169 Å². The molecule has 0 fully saturated rings. The molecule has 0 bridgehead atoms. The van der Waals surface area contributed by atoms with Gasteiger partial charge in [-0.1, -0.05) is 0 Å². The number of nitrogens with zero attached hydrogens (tertiary/aromatic N) is 2. The molecule has 1 aliphatic heterocycles. The summed E-state index contributed by atoms with van der Waals surface area (Å²) in [6, 6.07) is 3.20. The maximum absolute atomic E-state index is 13.4. The molecule has 2 aromatic rings. The van der Waals surface area contributed by atoms with E-state index in [9.17, 15) is 31.7 Å². The second-order valence-corrected chi connectivity index (χ2v) is 7.55. The number of fused-ring (bicyclic) bond motifs is 1. The highest BCUT2D eigenvalue weighted by Gasteiger charge is 2.46. The first-order chi connectivity index (χ1) is 14.0. The number of rotatable bonds is 3. The average molecular weight is 446 g/mol. The Balaban J connectivity index is 1.89. The van der Waals surface area contributed by atoms with Crippen molar-refractivity contribution in [3.05, 3.63) is 41.5 Å². The van der Waals surface area contributed by atoms with Crippen molar-refractivity contribution in [1.29, 1.82) is 5.26 Å². The molecule has 1 aliphatic rings. The van der Waals surface area contributed by atoms with Gasteiger partial charge >= 0.3 is 6.18 Å². The van der Waals surface area contributed by atoms with Crippen molar-refractivity contribution in [2.75, 3.05) is 11.9 Å². The third-order valence-corrected chi connectivity index (χ3v) is 5.45. The summed E-state index contributed by atoms with van der Waals surface area (Å²) in [7, 11) is -0.779. The summed E-state index contributed by atoms with van der Waals surface area (Å²) in [5.74, 6) is -1.79. The predicted molar refractivity (Wildman–Crippen MR) is 95.4 cm³/mol. The van der Waals surface area contributed by atoms with Gasteiger partial charge in [-0.25, -0.2) is 13.3 Å². The van der Waals surface area contributed by atoms with Crippen LogP contribution in [0.5, 0.6) is 5.75 Å². The van der Waals surface area contributed by atoms with Gasteiger partial charge in [0.1, 0.15) is 34.4 Å². The van der Waals surface area contributed by atoms with E-state index in [1.54, 1.807) is 6.07 Å². The SMILES string of the molecule is Cn1cc2c(c1C(=O)Nc1ccc(F)c(C#N)c1)OCC(C(O)C(F)(F)F)NS2=O. The standard InChI is InChI=1S/C17H14F4N4O4S/c1-25-6-12-14(29-7-11(24-30(12)28)15(26)17(19,20)21)13(25)16(27)23-9-2-3-10(18)8(4-9)5-22/h2-4,6,11,15,24,26H,7H2,1H3,(H,23,27). The number of anilines is 1. The van der Waals surface area contributed by atoms with Gasteiger partial charge in [0.2, 0.25) is 0 Å². The topological polar surface area (TPSA) is 116 Å². The highest BCUT2D eigenvalue weighted by Crippen LogP contribution is 2.33. The summed E-state index contributed by atoms with van der Waals surface area (Å²) in [5.41, 5.74) is -0.375. The van der Waals surface area contributed by atoms with Crippen molar-refractivity contribution in [1.82, 2.24) is 9.29 Å². The van der Waals surface area contributed by atoms with Gasteiger partial charge in [0.25, 0.3) is 5.91 Å². The summed E-state index contributed by atoms with van der Waals surface area (Å²) in [6.07, 6.45) is -6.56. The lowest BCUT2D eigenvalue weighted by atomic mass is 10.2. The normalized spacial score (nSPS) is 19.8. The van der Waals surface area contributed by atoms with Crippen molar-refractivity contribution in [3.8, 4) is 11.8 Å². The summed E-state index contributed by atoms with van der Waals surface area (Å²) < 4.78 is 73.0. The molecule has 13 heteroatoms. The van der Waals surface area contributed by atoms with Crippen LogP contribution < -0.4 is 14.8 Å². The molecule has 3 N–H and O–H groups in total. The Hall–Kier alpha value is -2.95. The second kappa shape index (κ2) is 8.05. The van der Waals surface area contributed by atoms with E-state index < -0.39 is 47.6 Å². The largest absolute Gasteiger partial charge is 0.488 e. The maximum atomic E-state index is 13.4. The van der Waals surface area contributed by atoms with Gasteiger partial charge in [0.15, 0.2) is 17.5 Å². The van der Waals surface area contributed by atoms with Crippen LogP contribution in [-0.2, 0) is 18.0 Å². The Morgan fingerprint density at radius 2 is 2.20 bits per heavy atom. The van der Waals surface area contributed by atoms with Crippen molar-refractivity contribution in [2.45, 2.75) is 23.2 Å². The van der Waals surface area contributed by atoms with Gasteiger partial charge in [0, 0.05) is 18.9 Å². The lowest BCUT2D eigenvalue weighted by Crippen LogP contribution is -2.50. The average Bonchev–Trinajstić information content (AvgIpc) is 2.93. The molecular weight excluding hydrogens is 432 g/mol. The number of carbonyl (C=O) groups excluding carboxylic acids is 1. The Morgan fingerprint density at radius 1 is 1.50 bits per heavy atom. The predicted octanol–water partition coefficient (Wildman–Crippen LogP) is 1.58. The highest BCUT2D eigenvalue weighted by molar-refractivity contribution is 7.83. The lowest BCUT2D eigenvalue weighted by molar-refractivity contribution is -0.212. The number of halogens is 4. The number of alkyl halides is 3. The molecule has 0 saturated heterocycles. The van der Waals surface area contributed by atoms with Crippen LogP contribution in [0.2, 0.25) is 0 Å². The van der Waals surface area contributed by atoms with E-state index in [2.05, 4.69) is 10.0 Å². The van der Waals surface area contributed by atoms with Crippen LogP contribution in [0.3, 0.4) is 0 Å². The zero-order valence-corrected chi connectivity index (χ0v) is 16.0. The number of ether oxygens (including phenoxy) is 1. The van der Waals surface area contributed by atoms with E-state index in [0.717, 1.165) is 12.1 Å². The summed E-state index contributed by atoms with van der Waals surface area (Å²) in [4.78, 5) is 12.6. The third kappa shape index (κ3) is 4.16. The monoisotopic (exact) mass is 446 g/mol. The molecule has 2 heterocycles. The van der Waals surface area contributed by atoms with Gasteiger partial charge in [-0.2, -0.15) is 18.4 Å². The molecule has 30 heavy (non-hydrogen) atoms. The molecule has 3 rings (SSSR count). The molecule has 1 amide bonds. The number of aromatic nitrogens is 1. The molecule has 0 aliphatic carbocycles. The Bertz CT molecular complexity index is 1060. The van der Waals surface area contributed by atoms with Crippen LogP contribution in [0.15, 0.2) is 29.3 Å². The van der Waals surface area contributed by atoms with Gasteiger partial charge in [-0.3, -0.25) is 4.79 Å². The van der Waals surface area contributed by atoms with E-state index >= 15 is 0 Å². The molecule has 0 saturated carbocycles. The molecule has 1 aromatic carbocycles. The number of amides is 1. The smallest absolute Gasteiger partial charge is 0.416 e. The first-order valence-electron chi connectivity index (χ1n) is 8.28. The van der Waals surface area contributed by atoms with E-state index in [1.165, 1.54) is 23.9 Å². The van der Waals surface area contributed by atoms with Gasteiger partial charge in [0.05, 0.1) is 11.6 Å².